The van der Waals surface area contributed by atoms with Gasteiger partial charge in [0.25, 0.3) is 17.4 Å². The molecule has 7 heterocycles. The molecule has 3 N–H and O–H groups in total. The van der Waals surface area contributed by atoms with E-state index < -0.39 is 35.3 Å². The van der Waals surface area contributed by atoms with Gasteiger partial charge in [-0.25, -0.2) is 9.97 Å². The molecule has 5 aromatic rings. The molecule has 10 rings (SSSR count). The first kappa shape index (κ1) is 43.1. The van der Waals surface area contributed by atoms with Gasteiger partial charge in [0.2, 0.25) is 17.8 Å². The molecule has 4 amide bonds. The van der Waals surface area contributed by atoms with Crippen LogP contribution in [0.5, 0.6) is 0 Å². The van der Waals surface area contributed by atoms with Crippen molar-refractivity contribution in [2.75, 3.05) is 54.4 Å². The van der Waals surface area contributed by atoms with Gasteiger partial charge in [0, 0.05) is 75.5 Å². The summed E-state index contributed by atoms with van der Waals surface area (Å²) in [4.78, 5) is 98.8. The highest BCUT2D eigenvalue weighted by Crippen LogP contribution is 2.37. The topological polar surface area (TPSA) is 203 Å². The van der Waals surface area contributed by atoms with Crippen molar-refractivity contribution in [1.82, 2.24) is 34.6 Å². The molecule has 0 bridgehead atoms. The van der Waals surface area contributed by atoms with Crippen LogP contribution in [0.1, 0.15) is 112 Å². The quantitative estimate of drug-likeness (QED) is 0.128. The van der Waals surface area contributed by atoms with Crippen LogP contribution in [0.4, 0.5) is 23.1 Å². The minimum atomic E-state index is -1.17. The third-order valence-corrected chi connectivity index (χ3v) is 14.3. The van der Waals surface area contributed by atoms with E-state index in [0.29, 0.717) is 59.9 Å². The zero-order valence-electron chi connectivity index (χ0n) is 37.1. The highest BCUT2D eigenvalue weighted by Gasteiger charge is 2.46. The number of imide groups is 2. The van der Waals surface area contributed by atoms with E-state index in [1.165, 1.54) is 12.5 Å². The number of carbonyl (C=O) groups is 5. The lowest BCUT2D eigenvalue weighted by atomic mass is 9.83. The average Bonchev–Trinajstić information content (AvgIpc) is 3.93. The van der Waals surface area contributed by atoms with E-state index in [0.717, 1.165) is 74.7 Å². The maximum atomic E-state index is 13.6. The number of ketones is 1. The van der Waals surface area contributed by atoms with Gasteiger partial charge in [-0.05, 0) is 99.0 Å². The number of nitrogens with one attached hydrogen (secondary N) is 2. The standard InChI is InChI=1S/C49H52N10O7/c1-29-38-27-51-48(54-43(38)58(34-5-3-4-6-34)47(65)42(29)30(2)60)52-40-15-12-35(26-50-40)57-23-21-56(22-24-57)33-10-7-31(8-11-33)28-55-19-17-49(66,18-20-55)32-9-13-36-37(25-32)46(64)59(45(36)63)39-14-16-41(61)53-44(39)62/h7-13,15,25-27,34,39,66H,3-6,14,16-24,28H2,1-2H3,(H,53,61,62)(H,50,51,52,54). The molecule has 17 heteroatoms. The van der Waals surface area contributed by atoms with Crippen molar-refractivity contribution in [2.45, 2.75) is 89.4 Å². The summed E-state index contributed by atoms with van der Waals surface area (Å²) in [6.07, 6.45) is 8.39. The number of piperidine rings is 2. The van der Waals surface area contributed by atoms with Crippen molar-refractivity contribution in [3.63, 3.8) is 0 Å². The molecule has 3 saturated heterocycles. The van der Waals surface area contributed by atoms with E-state index in [4.69, 9.17) is 4.98 Å². The molecule has 0 spiro atoms. The summed E-state index contributed by atoms with van der Waals surface area (Å²) in [5.74, 6) is -1.55. The predicted molar refractivity (Wildman–Crippen MR) is 246 cm³/mol. The summed E-state index contributed by atoms with van der Waals surface area (Å²) >= 11 is 0. The van der Waals surface area contributed by atoms with Crippen molar-refractivity contribution < 1.29 is 29.1 Å². The normalized spacial score (nSPS) is 20.3. The Morgan fingerprint density at radius 3 is 2.17 bits per heavy atom. The summed E-state index contributed by atoms with van der Waals surface area (Å²) in [5, 5.41) is 17.9. The Labute approximate surface area is 380 Å². The second-order valence-corrected chi connectivity index (χ2v) is 18.3. The number of aliphatic hydroxyl groups is 1. The van der Waals surface area contributed by atoms with E-state index in [-0.39, 0.29) is 46.9 Å². The summed E-state index contributed by atoms with van der Waals surface area (Å²) < 4.78 is 1.71. The number of amides is 4. The number of piperazine rings is 1. The summed E-state index contributed by atoms with van der Waals surface area (Å²) in [7, 11) is 0. The molecule has 1 aliphatic carbocycles. The first-order valence-electron chi connectivity index (χ1n) is 22.9. The van der Waals surface area contributed by atoms with Gasteiger partial charge in [-0.3, -0.25) is 48.5 Å². The number of likely N-dealkylation sites (tertiary alicyclic amines) is 1. The van der Waals surface area contributed by atoms with E-state index in [2.05, 4.69) is 59.6 Å². The van der Waals surface area contributed by atoms with Crippen LogP contribution in [-0.4, -0.2) is 109 Å². The van der Waals surface area contributed by atoms with Crippen LogP contribution >= 0.6 is 0 Å². The number of Topliss-reactive ketones (excluding diaryl/α,β-unsaturated/α-hetero) is 1. The van der Waals surface area contributed by atoms with Crippen LogP contribution in [0, 0.1) is 6.92 Å². The molecule has 1 unspecified atom stereocenters. The molecule has 340 valence electrons. The average molecular weight is 893 g/mol. The molecule has 4 aliphatic heterocycles. The van der Waals surface area contributed by atoms with E-state index in [9.17, 15) is 33.9 Å². The number of benzene rings is 2. The fourth-order valence-corrected chi connectivity index (χ4v) is 10.5. The van der Waals surface area contributed by atoms with Crippen LogP contribution in [0.15, 0.2) is 71.8 Å². The van der Waals surface area contributed by atoms with Crippen LogP contribution in [0.2, 0.25) is 0 Å². The third kappa shape index (κ3) is 7.89. The smallest absolute Gasteiger partial charge is 0.263 e. The fraction of sp³-hybridized carbons (Fsp3) is 0.408. The Balaban J connectivity index is 0.718. The Kier molecular flexibility index (Phi) is 11.2. The minimum Gasteiger partial charge on any atom is -0.385 e. The first-order chi connectivity index (χ1) is 31.8. The Hall–Kier alpha value is -6.85. The predicted octanol–water partition coefficient (Wildman–Crippen LogP) is 4.77. The zero-order chi connectivity index (χ0) is 45.9. The molecule has 17 nitrogen and oxygen atoms in total. The molecule has 4 fully saturated rings. The maximum Gasteiger partial charge on any atom is 0.263 e. The van der Waals surface area contributed by atoms with Gasteiger partial charge in [-0.2, -0.15) is 4.98 Å². The molecule has 3 aromatic heterocycles. The van der Waals surface area contributed by atoms with E-state index in [1.807, 2.05) is 18.3 Å². The molecular formula is C49H52N10O7. The number of carbonyl (C=O) groups excluding carboxylic acids is 5. The molecule has 0 radical (unpaired) electrons. The Bertz CT molecular complexity index is 2840. The Morgan fingerprint density at radius 1 is 0.818 bits per heavy atom. The molecule has 1 atom stereocenters. The van der Waals surface area contributed by atoms with Crippen molar-refractivity contribution in [3.05, 3.63) is 111 Å². The lowest BCUT2D eigenvalue weighted by molar-refractivity contribution is -0.136. The van der Waals surface area contributed by atoms with Crippen molar-refractivity contribution in [3.8, 4) is 0 Å². The molecule has 66 heavy (non-hydrogen) atoms. The number of rotatable bonds is 10. The van der Waals surface area contributed by atoms with E-state index in [1.54, 1.807) is 35.9 Å². The zero-order valence-corrected chi connectivity index (χ0v) is 37.1. The number of pyridine rings is 2. The fourth-order valence-electron chi connectivity index (χ4n) is 10.5. The summed E-state index contributed by atoms with van der Waals surface area (Å²) in [5.41, 5.74) is 4.19. The van der Waals surface area contributed by atoms with Gasteiger partial charge in [0.05, 0.1) is 34.2 Å². The highest BCUT2D eigenvalue weighted by molar-refractivity contribution is 6.23. The van der Waals surface area contributed by atoms with Crippen LogP contribution in [0.25, 0.3) is 11.0 Å². The molecular weight excluding hydrogens is 841 g/mol. The van der Waals surface area contributed by atoms with Gasteiger partial charge in [0.15, 0.2) is 5.78 Å². The van der Waals surface area contributed by atoms with Crippen molar-refractivity contribution in [1.29, 1.82) is 0 Å². The molecule has 2 aromatic carbocycles. The third-order valence-electron chi connectivity index (χ3n) is 14.3. The summed E-state index contributed by atoms with van der Waals surface area (Å²) in [6, 6.07) is 16.4. The van der Waals surface area contributed by atoms with Gasteiger partial charge in [0.1, 0.15) is 17.5 Å². The Morgan fingerprint density at radius 2 is 1.50 bits per heavy atom. The van der Waals surface area contributed by atoms with Crippen molar-refractivity contribution >= 4 is 63.6 Å². The number of fused-ring (bicyclic) bond motifs is 2. The first-order valence-corrected chi connectivity index (χ1v) is 22.9. The number of hydrogen-bond acceptors (Lipinski definition) is 14. The number of anilines is 4. The molecule has 5 aliphatic rings. The minimum absolute atomic E-state index is 0.00141. The van der Waals surface area contributed by atoms with Gasteiger partial charge in [-0.1, -0.05) is 31.0 Å². The lowest BCUT2D eigenvalue weighted by Gasteiger charge is -2.39. The number of aryl methyl sites for hydroxylation is 1. The lowest BCUT2D eigenvalue weighted by Crippen LogP contribution is -2.54. The van der Waals surface area contributed by atoms with Crippen LogP contribution in [-0.2, 0) is 21.7 Å². The maximum absolute atomic E-state index is 13.6. The monoisotopic (exact) mass is 892 g/mol. The van der Waals surface area contributed by atoms with Gasteiger partial charge >= 0.3 is 0 Å². The van der Waals surface area contributed by atoms with E-state index >= 15 is 0 Å². The van der Waals surface area contributed by atoms with Crippen LogP contribution < -0.4 is 26.0 Å². The SMILES string of the molecule is CC(=O)c1c(C)c2cnc(Nc3ccc(N4CCN(c5ccc(CN6CCC(O)(c7ccc8c(c7)C(=O)N(C7CCC(=O)NC7=O)C8=O)CC6)cc5)CC4)cn3)nc2n(C2CCCC2)c1=O. The van der Waals surface area contributed by atoms with Crippen molar-refractivity contribution in [2.24, 2.45) is 0 Å². The number of nitrogens with zero attached hydrogens (tertiary/aromatic N) is 8. The highest BCUT2D eigenvalue weighted by atomic mass is 16.3. The van der Waals surface area contributed by atoms with Gasteiger partial charge in [-0.15, -0.1) is 0 Å². The number of hydrogen-bond donors (Lipinski definition) is 3. The van der Waals surface area contributed by atoms with Gasteiger partial charge < -0.3 is 20.2 Å². The van der Waals surface area contributed by atoms with Crippen LogP contribution in [0.3, 0.4) is 0 Å². The largest absolute Gasteiger partial charge is 0.385 e. The second-order valence-electron chi connectivity index (χ2n) is 18.3. The summed E-state index contributed by atoms with van der Waals surface area (Å²) in [6.45, 7) is 8.58. The number of aromatic nitrogens is 4. The molecule has 1 saturated carbocycles. The second kappa shape index (κ2) is 17.2.